The lowest BCUT2D eigenvalue weighted by Gasteiger charge is -2.34. The number of nitrogens with zero attached hydrogens (tertiary/aromatic N) is 8. The van der Waals surface area contributed by atoms with Crippen LogP contribution in [0.5, 0.6) is 11.8 Å². The Morgan fingerprint density at radius 2 is 1.19 bits per heavy atom. The fourth-order valence-electron chi connectivity index (χ4n) is 11.2. The normalized spacial score (nSPS) is 16.0. The summed E-state index contributed by atoms with van der Waals surface area (Å²) in [4.78, 5) is 69.4. The summed E-state index contributed by atoms with van der Waals surface area (Å²) < 4.78 is 41.8. The lowest BCUT2D eigenvalue weighted by Crippen LogP contribution is -2.35. The Morgan fingerprint density at radius 1 is 0.659 bits per heavy atom. The molecule has 0 radical (unpaired) electrons. The molecule has 22 nitrogen and oxygen atoms in total. The van der Waals surface area contributed by atoms with Gasteiger partial charge in [-0.1, -0.05) is 49.4 Å². The average molecular weight is 1180 g/mol. The predicted octanol–water partition coefficient (Wildman–Crippen LogP) is 8.26. The number of aliphatic carboxylic acids is 2. The largest absolute Gasteiger partial charge is 0.497 e. The van der Waals surface area contributed by atoms with E-state index in [2.05, 4.69) is 70.3 Å². The van der Waals surface area contributed by atoms with Gasteiger partial charge in [0, 0.05) is 93.1 Å². The predicted molar refractivity (Wildman–Crippen MR) is 325 cm³/mol. The Bertz CT molecular complexity index is 3400. The molecule has 8 heterocycles. The van der Waals surface area contributed by atoms with Crippen molar-refractivity contribution in [1.82, 2.24) is 29.9 Å². The van der Waals surface area contributed by atoms with Gasteiger partial charge >= 0.3 is 23.9 Å². The number of carboxylic acids is 2. The van der Waals surface area contributed by atoms with Crippen LogP contribution < -0.4 is 40.5 Å². The molecule has 2 atom stereocenters. The summed E-state index contributed by atoms with van der Waals surface area (Å²) in [6.45, 7) is 11.0. The molecule has 23 heteroatoms. The van der Waals surface area contributed by atoms with Gasteiger partial charge in [0.25, 0.3) is 0 Å². The Labute approximate surface area is 496 Å². The zero-order chi connectivity index (χ0) is 60.0. The first kappa shape index (κ1) is 61.2. The van der Waals surface area contributed by atoms with E-state index in [-0.39, 0.29) is 37.0 Å². The highest BCUT2D eigenvalue weighted by molar-refractivity contribution is 7.91. The first-order valence-electron chi connectivity index (χ1n) is 29.4. The number of carboxylic acid groups (broad SMARTS) is 2. The number of methoxy groups -OCH3 is 2. The van der Waals surface area contributed by atoms with Gasteiger partial charge in [-0.05, 0) is 118 Å². The maximum Gasteiger partial charge on any atom is 0.320 e. The van der Waals surface area contributed by atoms with E-state index in [4.69, 9.17) is 29.2 Å². The van der Waals surface area contributed by atoms with Gasteiger partial charge < -0.3 is 55.5 Å². The summed E-state index contributed by atoms with van der Waals surface area (Å²) in [6, 6.07) is 24.1. The van der Waals surface area contributed by atoms with Crippen molar-refractivity contribution in [3.8, 4) is 11.8 Å². The van der Waals surface area contributed by atoms with Gasteiger partial charge in [0.2, 0.25) is 0 Å². The second-order valence-corrected chi connectivity index (χ2v) is 24.0. The molecule has 85 heavy (non-hydrogen) atoms. The third-order valence-electron chi connectivity index (χ3n) is 16.2. The third-order valence-corrected chi connectivity index (χ3v) is 18.1. The maximum atomic E-state index is 13.0. The number of aryl methyl sites for hydroxylation is 3. The first-order valence-corrected chi connectivity index (χ1v) is 31.0. The summed E-state index contributed by atoms with van der Waals surface area (Å²) in [5.74, 6) is 0.997. The van der Waals surface area contributed by atoms with Crippen molar-refractivity contribution in [3.05, 3.63) is 124 Å². The van der Waals surface area contributed by atoms with E-state index < -0.39 is 45.3 Å². The molecule has 0 bridgehead atoms. The van der Waals surface area contributed by atoms with Gasteiger partial charge in [-0.15, -0.1) is 0 Å². The van der Waals surface area contributed by atoms with Crippen LogP contribution in [-0.2, 0) is 54.8 Å². The molecule has 4 aliphatic rings. The number of pyridine rings is 2. The molecule has 0 unspecified atom stereocenters. The summed E-state index contributed by atoms with van der Waals surface area (Å²) in [5.41, 5.74) is 7.31. The number of benzene rings is 2. The van der Waals surface area contributed by atoms with E-state index in [9.17, 15) is 33.0 Å². The molecule has 2 fully saturated rings. The molecule has 10 rings (SSSR count). The number of piperidine rings is 2. The van der Waals surface area contributed by atoms with Crippen LogP contribution in [0.4, 0.5) is 34.9 Å². The van der Waals surface area contributed by atoms with Crippen LogP contribution in [0.15, 0.2) is 83.8 Å². The monoisotopic (exact) mass is 1180 g/mol. The smallest absolute Gasteiger partial charge is 0.320 e. The number of fused-ring (bicyclic) bond motifs is 2. The molecule has 4 aromatic heterocycles. The molecule has 0 spiro atoms. The van der Waals surface area contributed by atoms with Gasteiger partial charge in [0.05, 0.1) is 43.1 Å². The molecule has 0 aliphatic carbocycles. The molecule has 452 valence electrons. The quantitative estimate of drug-likeness (QED) is 0.0349. The van der Waals surface area contributed by atoms with Crippen molar-refractivity contribution in [2.24, 2.45) is 11.8 Å². The number of sulfone groups is 1. The molecule has 6 N–H and O–H groups in total. The van der Waals surface area contributed by atoms with Gasteiger partial charge in [0.1, 0.15) is 53.1 Å². The molecular formula is C62H78N12O10S. The second kappa shape index (κ2) is 28.5. The molecule has 2 aromatic carbocycles. The number of anilines is 6. The highest BCUT2D eigenvalue weighted by atomic mass is 32.2. The van der Waals surface area contributed by atoms with E-state index in [1.54, 1.807) is 0 Å². The lowest BCUT2D eigenvalue weighted by atomic mass is 9.92. The summed E-state index contributed by atoms with van der Waals surface area (Å²) in [5, 5.41) is 32.8. The minimum atomic E-state index is -3.87. The van der Waals surface area contributed by atoms with Crippen LogP contribution >= 0.6 is 0 Å². The molecule has 2 saturated heterocycles. The molecular weight excluding hydrogens is 1100 g/mol. The van der Waals surface area contributed by atoms with Crippen LogP contribution in [0.2, 0.25) is 0 Å². The standard InChI is InChI=1S/C32H40N6O4.C30H38N6O6S/c1-3-27-36-29(34-19-25(32(40)41)18-28(39)42-20-22-8-5-4-6-9-22)21(2)31(37-27)38-16-13-23(14-17-38)26-12-11-24-10-7-15-33-30(24)35-26;1-19-26(32-17-22(29(37)38)18-43(39,40)24-9-7-23(41-2)8-10-24)34-30(42-3)35-28(19)36-15-12-20(13-16-36)25-11-6-21-5-4-14-31-27(21)33-25/h4-6,8-9,11-12,23,25H,3,7,10,13-20H2,1-2H3,(H,33,35)(H,40,41)(H,34,36,37);6-11,20,22H,4-5,12-18H2,1-3H3,(H,31,33)(H,37,38)(H,32,34,35)/t25-;22-/m01/s1. The van der Waals surface area contributed by atoms with Crippen LogP contribution in [0.3, 0.4) is 0 Å². The molecule has 0 saturated carbocycles. The SMILES string of the molecule is CCc1nc(NC[C@H](CC(=O)OCc2ccccc2)C(=O)O)c(C)c(N2CCC(c3ccc4c(n3)NCCC4)CC2)n1.COc1ccc(S(=O)(=O)C[C@@H](CNc2nc(OC)nc(N3CCC(c4ccc5c(n4)NCCC5)CC3)c2C)C(=O)O)cc1. The highest BCUT2D eigenvalue weighted by Gasteiger charge is 2.31. The number of nitrogens with one attached hydrogen (secondary N) is 4. The van der Waals surface area contributed by atoms with E-state index in [1.165, 1.54) is 49.6 Å². The number of esters is 1. The zero-order valence-corrected chi connectivity index (χ0v) is 49.9. The number of aromatic nitrogens is 6. The Kier molecular flexibility index (Phi) is 20.5. The van der Waals surface area contributed by atoms with E-state index in [1.807, 2.05) is 51.1 Å². The van der Waals surface area contributed by atoms with Gasteiger partial charge in [-0.2, -0.15) is 9.97 Å². The Hall–Kier alpha value is -8.34. The van der Waals surface area contributed by atoms with Crippen molar-refractivity contribution >= 4 is 62.7 Å². The maximum absolute atomic E-state index is 13.0. The number of carbonyl (C=O) groups excluding carboxylic acids is 1. The summed E-state index contributed by atoms with van der Waals surface area (Å²) in [6.07, 6.45) is 8.62. The van der Waals surface area contributed by atoms with Crippen LogP contribution in [0, 0.1) is 25.7 Å². The van der Waals surface area contributed by atoms with Crippen molar-refractivity contribution in [3.63, 3.8) is 0 Å². The fourth-order valence-corrected chi connectivity index (χ4v) is 12.7. The Morgan fingerprint density at radius 3 is 1.71 bits per heavy atom. The highest BCUT2D eigenvalue weighted by Crippen LogP contribution is 2.36. The molecule has 0 amide bonds. The third kappa shape index (κ3) is 15.7. The second-order valence-electron chi connectivity index (χ2n) is 22.0. The van der Waals surface area contributed by atoms with Crippen LogP contribution in [-0.4, -0.2) is 139 Å². The van der Waals surface area contributed by atoms with Crippen LogP contribution in [0.25, 0.3) is 0 Å². The number of rotatable bonds is 22. The number of ether oxygens (including phenoxy) is 3. The lowest BCUT2D eigenvalue weighted by molar-refractivity contribution is -0.152. The minimum Gasteiger partial charge on any atom is -0.497 e. The first-order chi connectivity index (χ1) is 41.1. The van der Waals surface area contributed by atoms with Crippen molar-refractivity contribution < 1.29 is 47.2 Å². The number of carbonyl (C=O) groups is 3. The number of hydrogen-bond acceptors (Lipinski definition) is 20. The minimum absolute atomic E-state index is 0.0342. The van der Waals surface area contributed by atoms with Gasteiger partial charge in [-0.3, -0.25) is 14.4 Å². The van der Waals surface area contributed by atoms with Gasteiger partial charge in [-0.25, -0.2) is 28.4 Å². The summed E-state index contributed by atoms with van der Waals surface area (Å²) >= 11 is 0. The molecule has 4 aliphatic heterocycles. The zero-order valence-electron chi connectivity index (χ0n) is 49.1. The summed E-state index contributed by atoms with van der Waals surface area (Å²) in [7, 11) is -0.908. The van der Waals surface area contributed by atoms with E-state index in [0.29, 0.717) is 47.3 Å². The molecule has 6 aromatic rings. The fraction of sp³-hybridized carbons (Fsp3) is 0.468. The topological polar surface area (TPSA) is 285 Å². The van der Waals surface area contributed by atoms with Crippen LogP contribution in [0.1, 0.15) is 109 Å². The van der Waals surface area contributed by atoms with Crippen molar-refractivity contribution in [2.75, 3.05) is 103 Å². The van der Waals surface area contributed by atoms with E-state index >= 15 is 0 Å². The van der Waals surface area contributed by atoms with Gasteiger partial charge in [0.15, 0.2) is 9.84 Å². The average Bonchev–Trinajstić information content (AvgIpc) is 3.56. The van der Waals surface area contributed by atoms with E-state index in [0.717, 1.165) is 136 Å². The van der Waals surface area contributed by atoms with Crippen molar-refractivity contribution in [1.29, 1.82) is 0 Å². The van der Waals surface area contributed by atoms with Crippen molar-refractivity contribution in [2.45, 2.75) is 108 Å². The Balaban J connectivity index is 0.000000204. The number of hydrogen-bond donors (Lipinski definition) is 6.